The van der Waals surface area contributed by atoms with Crippen LogP contribution in [0.3, 0.4) is 0 Å². The number of non-ortho nitro benzene ring substituents is 1. The smallest absolute Gasteiger partial charge is 0.293 e. The number of aryl methyl sites for hydroxylation is 1. The number of rotatable bonds is 5. The number of carbonyl (C=O) groups is 2. The summed E-state index contributed by atoms with van der Waals surface area (Å²) in [6, 6.07) is 7.89. The molecule has 1 aliphatic heterocycles. The van der Waals surface area contributed by atoms with Gasteiger partial charge in [-0.05, 0) is 42.4 Å². The standard InChI is InChI=1S/C18H14N2O5S/c1-3-8-19-17(21)16(26-18(19)22)10-13-5-7-15(25-13)14-6-4-12(20(23)24)9-11(14)2/h3-7,9-10H,1,8H2,2H3/b16-10-. The second-order valence-electron chi connectivity index (χ2n) is 5.54. The van der Waals surface area contributed by atoms with Crippen LogP contribution in [-0.2, 0) is 4.79 Å². The van der Waals surface area contributed by atoms with Crippen molar-refractivity contribution in [3.05, 3.63) is 69.3 Å². The third-order valence-corrected chi connectivity index (χ3v) is 4.68. The van der Waals surface area contributed by atoms with Crippen molar-refractivity contribution >= 4 is 34.7 Å². The van der Waals surface area contributed by atoms with Crippen LogP contribution in [-0.4, -0.2) is 27.5 Å². The van der Waals surface area contributed by atoms with E-state index in [0.29, 0.717) is 17.1 Å². The number of amides is 2. The van der Waals surface area contributed by atoms with E-state index >= 15 is 0 Å². The van der Waals surface area contributed by atoms with Crippen LogP contribution in [0.25, 0.3) is 17.4 Å². The van der Waals surface area contributed by atoms with E-state index in [2.05, 4.69) is 6.58 Å². The zero-order chi connectivity index (χ0) is 18.8. The maximum absolute atomic E-state index is 12.2. The number of benzene rings is 1. The van der Waals surface area contributed by atoms with Gasteiger partial charge in [-0.25, -0.2) is 0 Å². The topological polar surface area (TPSA) is 93.7 Å². The van der Waals surface area contributed by atoms with Gasteiger partial charge in [0, 0.05) is 30.3 Å². The first-order valence-electron chi connectivity index (χ1n) is 7.62. The van der Waals surface area contributed by atoms with Crippen LogP contribution < -0.4 is 0 Å². The van der Waals surface area contributed by atoms with Gasteiger partial charge in [0.15, 0.2) is 0 Å². The number of nitro benzene ring substituents is 1. The third kappa shape index (κ3) is 3.31. The third-order valence-electron chi connectivity index (χ3n) is 3.77. The molecule has 0 unspecified atom stereocenters. The van der Waals surface area contributed by atoms with Crippen LogP contribution in [0.4, 0.5) is 10.5 Å². The molecule has 8 heteroatoms. The number of hydrogen-bond acceptors (Lipinski definition) is 6. The maximum atomic E-state index is 12.2. The molecule has 0 bridgehead atoms. The van der Waals surface area contributed by atoms with Crippen molar-refractivity contribution in [2.75, 3.05) is 6.54 Å². The predicted molar refractivity (Wildman–Crippen MR) is 98.4 cm³/mol. The predicted octanol–water partition coefficient (Wildman–Crippen LogP) is 4.39. The molecule has 2 heterocycles. The van der Waals surface area contributed by atoms with Gasteiger partial charge in [-0.3, -0.25) is 24.6 Å². The Balaban J connectivity index is 1.87. The summed E-state index contributed by atoms with van der Waals surface area (Å²) in [7, 11) is 0. The molecule has 0 spiro atoms. The lowest BCUT2D eigenvalue weighted by atomic mass is 10.1. The first-order valence-corrected chi connectivity index (χ1v) is 8.44. The highest BCUT2D eigenvalue weighted by Crippen LogP contribution is 2.34. The minimum atomic E-state index is -0.455. The normalized spacial score (nSPS) is 15.7. The Hall–Kier alpha value is -3.13. The minimum absolute atomic E-state index is 0.00826. The minimum Gasteiger partial charge on any atom is -0.457 e. The lowest BCUT2D eigenvalue weighted by Gasteiger charge is -2.07. The fourth-order valence-electron chi connectivity index (χ4n) is 2.53. The SMILES string of the molecule is C=CCN1C(=O)S/C(=C\c2ccc(-c3ccc([N+](=O)[O-])cc3C)o2)C1=O. The van der Waals surface area contributed by atoms with Crippen molar-refractivity contribution < 1.29 is 18.9 Å². The zero-order valence-corrected chi connectivity index (χ0v) is 14.6. The number of furan rings is 1. The summed E-state index contributed by atoms with van der Waals surface area (Å²) in [5, 5.41) is 10.5. The summed E-state index contributed by atoms with van der Waals surface area (Å²) < 4.78 is 5.73. The maximum Gasteiger partial charge on any atom is 0.293 e. The van der Waals surface area contributed by atoms with E-state index in [9.17, 15) is 19.7 Å². The molecule has 26 heavy (non-hydrogen) atoms. The average Bonchev–Trinajstić information content (AvgIpc) is 3.15. The van der Waals surface area contributed by atoms with Crippen LogP contribution in [0.5, 0.6) is 0 Å². The second-order valence-corrected chi connectivity index (χ2v) is 6.53. The largest absolute Gasteiger partial charge is 0.457 e. The fourth-order valence-corrected chi connectivity index (χ4v) is 3.36. The molecule has 0 saturated carbocycles. The monoisotopic (exact) mass is 370 g/mol. The summed E-state index contributed by atoms with van der Waals surface area (Å²) >= 11 is 0.846. The van der Waals surface area contributed by atoms with Gasteiger partial charge in [-0.1, -0.05) is 6.08 Å². The highest BCUT2D eigenvalue weighted by molar-refractivity contribution is 8.18. The molecule has 1 fully saturated rings. The van der Waals surface area contributed by atoms with Crippen molar-refractivity contribution in [1.82, 2.24) is 4.90 Å². The fraction of sp³-hybridized carbons (Fsp3) is 0.111. The first kappa shape index (κ1) is 17.7. The van der Waals surface area contributed by atoms with E-state index in [1.807, 2.05) is 0 Å². The summed E-state index contributed by atoms with van der Waals surface area (Å²) in [4.78, 5) is 35.8. The molecule has 0 atom stereocenters. The molecule has 1 aromatic carbocycles. The number of nitrogens with zero attached hydrogens (tertiary/aromatic N) is 2. The number of carbonyl (C=O) groups excluding carboxylic acids is 2. The van der Waals surface area contributed by atoms with Crippen LogP contribution >= 0.6 is 11.8 Å². The van der Waals surface area contributed by atoms with Gasteiger partial charge in [0.1, 0.15) is 11.5 Å². The quantitative estimate of drug-likeness (QED) is 0.335. The number of hydrogen-bond donors (Lipinski definition) is 0. The molecular formula is C18H14N2O5S. The number of nitro groups is 1. The first-order chi connectivity index (χ1) is 12.4. The molecule has 1 saturated heterocycles. The Morgan fingerprint density at radius 1 is 1.31 bits per heavy atom. The van der Waals surface area contributed by atoms with E-state index in [4.69, 9.17) is 4.42 Å². The Morgan fingerprint density at radius 3 is 2.73 bits per heavy atom. The van der Waals surface area contributed by atoms with Crippen molar-refractivity contribution in [2.45, 2.75) is 6.92 Å². The van der Waals surface area contributed by atoms with Crippen LogP contribution in [0.15, 0.2) is 52.3 Å². The Morgan fingerprint density at radius 2 is 2.08 bits per heavy atom. The molecule has 3 rings (SSSR count). The molecule has 0 N–H and O–H groups in total. The van der Waals surface area contributed by atoms with Crippen molar-refractivity contribution in [3.63, 3.8) is 0 Å². The Bertz CT molecular complexity index is 960. The van der Waals surface area contributed by atoms with Crippen molar-refractivity contribution in [1.29, 1.82) is 0 Å². The highest BCUT2D eigenvalue weighted by Gasteiger charge is 2.34. The second kappa shape index (κ2) is 7.01. The summed E-state index contributed by atoms with van der Waals surface area (Å²) in [6.07, 6.45) is 3.00. The van der Waals surface area contributed by atoms with E-state index < -0.39 is 4.92 Å². The van der Waals surface area contributed by atoms with Crippen molar-refractivity contribution in [2.24, 2.45) is 0 Å². The van der Waals surface area contributed by atoms with E-state index in [0.717, 1.165) is 22.2 Å². The van der Waals surface area contributed by atoms with Gasteiger partial charge >= 0.3 is 0 Å². The van der Waals surface area contributed by atoms with Gasteiger partial charge < -0.3 is 4.42 Å². The molecule has 2 amide bonds. The van der Waals surface area contributed by atoms with E-state index in [1.165, 1.54) is 24.3 Å². The molecular weight excluding hydrogens is 356 g/mol. The summed E-state index contributed by atoms with van der Waals surface area (Å²) in [5.74, 6) is 0.556. The highest BCUT2D eigenvalue weighted by atomic mass is 32.2. The Kier molecular flexibility index (Phi) is 4.77. The average molecular weight is 370 g/mol. The lowest BCUT2D eigenvalue weighted by Crippen LogP contribution is -2.27. The van der Waals surface area contributed by atoms with Crippen LogP contribution in [0.2, 0.25) is 0 Å². The Labute approximate surface area is 153 Å². The van der Waals surface area contributed by atoms with Crippen LogP contribution in [0, 0.1) is 17.0 Å². The van der Waals surface area contributed by atoms with E-state index in [-0.39, 0.29) is 28.3 Å². The summed E-state index contributed by atoms with van der Waals surface area (Å²) in [6.45, 7) is 5.44. The van der Waals surface area contributed by atoms with Gasteiger partial charge in [-0.2, -0.15) is 0 Å². The molecule has 1 aromatic heterocycles. The van der Waals surface area contributed by atoms with Crippen molar-refractivity contribution in [3.8, 4) is 11.3 Å². The van der Waals surface area contributed by atoms with Gasteiger partial charge in [0.05, 0.1) is 9.83 Å². The molecule has 7 nitrogen and oxygen atoms in total. The molecule has 2 aromatic rings. The lowest BCUT2D eigenvalue weighted by molar-refractivity contribution is -0.384. The van der Waals surface area contributed by atoms with Gasteiger partial charge in [0.2, 0.25) is 0 Å². The molecule has 1 aliphatic rings. The van der Waals surface area contributed by atoms with E-state index in [1.54, 1.807) is 25.1 Å². The molecule has 132 valence electrons. The number of thioether (sulfide) groups is 1. The van der Waals surface area contributed by atoms with Gasteiger partial charge in [-0.15, -0.1) is 6.58 Å². The molecule has 0 radical (unpaired) electrons. The zero-order valence-electron chi connectivity index (χ0n) is 13.8. The number of imide groups is 1. The van der Waals surface area contributed by atoms with Gasteiger partial charge in [0.25, 0.3) is 16.8 Å². The summed E-state index contributed by atoms with van der Waals surface area (Å²) in [5.41, 5.74) is 1.43. The molecule has 0 aliphatic carbocycles. The van der Waals surface area contributed by atoms with Crippen LogP contribution in [0.1, 0.15) is 11.3 Å².